The summed E-state index contributed by atoms with van der Waals surface area (Å²) in [5.74, 6) is 0.981. The van der Waals surface area contributed by atoms with Gasteiger partial charge in [0.2, 0.25) is 0 Å². The van der Waals surface area contributed by atoms with Gasteiger partial charge in [-0.25, -0.2) is 0 Å². The Morgan fingerprint density at radius 1 is 1.31 bits per heavy atom. The van der Waals surface area contributed by atoms with Crippen LogP contribution in [0, 0.1) is 5.92 Å². The molecule has 1 aliphatic heterocycles. The van der Waals surface area contributed by atoms with E-state index in [0.29, 0.717) is 6.04 Å². The molecule has 2 atom stereocenters. The van der Waals surface area contributed by atoms with Crippen molar-refractivity contribution in [2.75, 3.05) is 33.4 Å². The molecule has 0 bridgehead atoms. The van der Waals surface area contributed by atoms with Gasteiger partial charge in [-0.2, -0.15) is 0 Å². The van der Waals surface area contributed by atoms with E-state index in [0.717, 1.165) is 18.6 Å². The molecule has 2 rings (SSSR count). The standard InChI is InChI=1S/C13H26N2O/c1-11-9-14-13(12-5-6-12)10-15(11)7-3-4-8-16-2/h11-14H,3-10H2,1-2H3. The van der Waals surface area contributed by atoms with E-state index in [-0.39, 0.29) is 0 Å². The van der Waals surface area contributed by atoms with E-state index in [1.165, 1.54) is 45.3 Å². The van der Waals surface area contributed by atoms with Gasteiger partial charge in [-0.05, 0) is 45.1 Å². The molecule has 0 radical (unpaired) electrons. The Labute approximate surface area is 99.5 Å². The van der Waals surface area contributed by atoms with Crippen LogP contribution in [0.5, 0.6) is 0 Å². The summed E-state index contributed by atoms with van der Waals surface area (Å²) in [7, 11) is 1.79. The molecule has 16 heavy (non-hydrogen) atoms. The molecular formula is C13H26N2O. The van der Waals surface area contributed by atoms with Crippen LogP contribution in [0.4, 0.5) is 0 Å². The summed E-state index contributed by atoms with van der Waals surface area (Å²) in [6.45, 7) is 6.93. The van der Waals surface area contributed by atoms with Gasteiger partial charge in [0.05, 0.1) is 0 Å². The molecule has 1 aliphatic carbocycles. The fourth-order valence-corrected chi connectivity index (χ4v) is 2.64. The van der Waals surface area contributed by atoms with E-state index in [9.17, 15) is 0 Å². The molecule has 3 nitrogen and oxygen atoms in total. The average molecular weight is 226 g/mol. The van der Waals surface area contributed by atoms with Crippen molar-refractivity contribution in [3.8, 4) is 0 Å². The molecule has 0 aromatic heterocycles. The minimum atomic E-state index is 0.706. The summed E-state index contributed by atoms with van der Waals surface area (Å²) in [5, 5.41) is 3.70. The lowest BCUT2D eigenvalue weighted by Gasteiger charge is -2.39. The highest BCUT2D eigenvalue weighted by atomic mass is 16.5. The highest BCUT2D eigenvalue weighted by molar-refractivity contribution is 4.93. The van der Waals surface area contributed by atoms with Crippen molar-refractivity contribution < 1.29 is 4.74 Å². The smallest absolute Gasteiger partial charge is 0.0462 e. The molecule has 0 amide bonds. The Morgan fingerprint density at radius 3 is 2.81 bits per heavy atom. The molecule has 3 heteroatoms. The first-order valence-corrected chi connectivity index (χ1v) is 6.77. The van der Waals surface area contributed by atoms with Crippen molar-refractivity contribution in [3.05, 3.63) is 0 Å². The zero-order chi connectivity index (χ0) is 11.4. The largest absolute Gasteiger partial charge is 0.385 e. The molecule has 1 N–H and O–H groups in total. The molecule has 1 saturated carbocycles. The molecule has 2 aliphatic rings. The summed E-state index contributed by atoms with van der Waals surface area (Å²) in [6.07, 6.45) is 5.37. The zero-order valence-corrected chi connectivity index (χ0v) is 10.7. The lowest BCUT2D eigenvalue weighted by Crippen LogP contribution is -2.56. The van der Waals surface area contributed by atoms with Crippen LogP contribution in [-0.2, 0) is 4.74 Å². The number of hydrogen-bond acceptors (Lipinski definition) is 3. The first kappa shape index (κ1) is 12.3. The number of hydrogen-bond donors (Lipinski definition) is 1. The summed E-state index contributed by atoms with van der Waals surface area (Å²) in [4.78, 5) is 2.66. The van der Waals surface area contributed by atoms with Crippen molar-refractivity contribution in [2.24, 2.45) is 5.92 Å². The SMILES string of the molecule is COCCCCN1CC(C2CC2)NCC1C. The lowest BCUT2D eigenvalue weighted by atomic mass is 10.1. The van der Waals surface area contributed by atoms with E-state index in [1.54, 1.807) is 7.11 Å². The van der Waals surface area contributed by atoms with E-state index in [4.69, 9.17) is 4.74 Å². The van der Waals surface area contributed by atoms with Crippen LogP contribution in [0.1, 0.15) is 32.6 Å². The molecule has 2 unspecified atom stereocenters. The minimum absolute atomic E-state index is 0.706. The van der Waals surface area contributed by atoms with Gasteiger partial charge in [0, 0.05) is 38.9 Å². The Hall–Kier alpha value is -0.120. The molecular weight excluding hydrogens is 200 g/mol. The zero-order valence-electron chi connectivity index (χ0n) is 10.7. The van der Waals surface area contributed by atoms with Gasteiger partial charge in [0.15, 0.2) is 0 Å². The normalized spacial score (nSPS) is 31.9. The number of nitrogens with one attached hydrogen (secondary N) is 1. The summed E-state index contributed by atoms with van der Waals surface area (Å²) in [5.41, 5.74) is 0. The third-order valence-corrected chi connectivity index (χ3v) is 3.96. The molecule has 1 heterocycles. The van der Waals surface area contributed by atoms with Crippen LogP contribution >= 0.6 is 0 Å². The average Bonchev–Trinajstić information content (AvgIpc) is 3.10. The molecule has 0 aromatic carbocycles. The Balaban J connectivity index is 1.68. The first-order chi connectivity index (χ1) is 7.81. The van der Waals surface area contributed by atoms with Gasteiger partial charge in [-0.15, -0.1) is 0 Å². The van der Waals surface area contributed by atoms with Gasteiger partial charge < -0.3 is 10.1 Å². The van der Waals surface area contributed by atoms with E-state index in [2.05, 4.69) is 17.1 Å². The van der Waals surface area contributed by atoms with Gasteiger partial charge in [0.1, 0.15) is 0 Å². The van der Waals surface area contributed by atoms with Crippen LogP contribution < -0.4 is 5.32 Å². The molecule has 94 valence electrons. The molecule has 0 aromatic rings. The Bertz CT molecular complexity index is 206. The second kappa shape index (κ2) is 5.99. The quantitative estimate of drug-likeness (QED) is 0.694. The van der Waals surface area contributed by atoms with Crippen molar-refractivity contribution in [3.63, 3.8) is 0 Å². The van der Waals surface area contributed by atoms with Crippen LogP contribution in [0.3, 0.4) is 0 Å². The van der Waals surface area contributed by atoms with Crippen LogP contribution in [0.15, 0.2) is 0 Å². The van der Waals surface area contributed by atoms with Crippen LogP contribution in [0.25, 0.3) is 0 Å². The number of methoxy groups -OCH3 is 1. The van der Waals surface area contributed by atoms with Crippen LogP contribution in [0.2, 0.25) is 0 Å². The highest BCUT2D eigenvalue weighted by Gasteiger charge is 2.35. The van der Waals surface area contributed by atoms with Gasteiger partial charge >= 0.3 is 0 Å². The third kappa shape index (κ3) is 3.44. The van der Waals surface area contributed by atoms with Gasteiger partial charge in [0.25, 0.3) is 0 Å². The third-order valence-electron chi connectivity index (χ3n) is 3.96. The number of unbranched alkanes of at least 4 members (excludes halogenated alkanes) is 1. The maximum absolute atomic E-state index is 5.10. The summed E-state index contributed by atoms with van der Waals surface area (Å²) >= 11 is 0. The van der Waals surface area contributed by atoms with E-state index < -0.39 is 0 Å². The summed E-state index contributed by atoms with van der Waals surface area (Å²) < 4.78 is 5.10. The summed E-state index contributed by atoms with van der Waals surface area (Å²) in [6, 6.07) is 1.48. The van der Waals surface area contributed by atoms with Crippen LogP contribution in [-0.4, -0.2) is 50.3 Å². The number of piperazine rings is 1. The van der Waals surface area contributed by atoms with E-state index in [1.807, 2.05) is 0 Å². The number of nitrogens with zero attached hydrogens (tertiary/aromatic N) is 1. The van der Waals surface area contributed by atoms with Crippen molar-refractivity contribution in [2.45, 2.75) is 44.7 Å². The second-order valence-electron chi connectivity index (χ2n) is 5.40. The maximum Gasteiger partial charge on any atom is 0.0462 e. The van der Waals surface area contributed by atoms with Crippen molar-refractivity contribution in [1.29, 1.82) is 0 Å². The first-order valence-electron chi connectivity index (χ1n) is 6.77. The maximum atomic E-state index is 5.10. The predicted molar refractivity (Wildman–Crippen MR) is 66.7 cm³/mol. The molecule has 1 saturated heterocycles. The van der Waals surface area contributed by atoms with Gasteiger partial charge in [-0.1, -0.05) is 0 Å². The monoisotopic (exact) mass is 226 g/mol. The Kier molecular flexibility index (Phi) is 4.62. The highest BCUT2D eigenvalue weighted by Crippen LogP contribution is 2.34. The number of rotatable bonds is 6. The van der Waals surface area contributed by atoms with E-state index >= 15 is 0 Å². The molecule has 0 spiro atoms. The lowest BCUT2D eigenvalue weighted by molar-refractivity contribution is 0.123. The fourth-order valence-electron chi connectivity index (χ4n) is 2.64. The topological polar surface area (TPSA) is 24.5 Å². The second-order valence-corrected chi connectivity index (χ2v) is 5.40. The fraction of sp³-hybridized carbons (Fsp3) is 1.00. The Morgan fingerprint density at radius 2 is 2.12 bits per heavy atom. The van der Waals surface area contributed by atoms with Gasteiger partial charge in [-0.3, -0.25) is 4.90 Å². The van der Waals surface area contributed by atoms with Crippen molar-refractivity contribution >= 4 is 0 Å². The minimum Gasteiger partial charge on any atom is -0.385 e. The number of ether oxygens (including phenoxy) is 1. The predicted octanol–water partition coefficient (Wildman–Crippen LogP) is 1.49. The van der Waals surface area contributed by atoms with Crippen molar-refractivity contribution in [1.82, 2.24) is 10.2 Å². The molecule has 2 fully saturated rings.